The van der Waals surface area contributed by atoms with E-state index in [4.69, 9.17) is 0 Å². The van der Waals surface area contributed by atoms with Crippen molar-refractivity contribution < 1.29 is 0 Å². The van der Waals surface area contributed by atoms with Gasteiger partial charge in [0.05, 0.1) is 6.04 Å². The third-order valence-electron chi connectivity index (χ3n) is 2.64. The van der Waals surface area contributed by atoms with Gasteiger partial charge in [-0.3, -0.25) is 4.99 Å². The van der Waals surface area contributed by atoms with Crippen molar-refractivity contribution in [2.24, 2.45) is 4.99 Å². The molecule has 0 aromatic heterocycles. The van der Waals surface area contributed by atoms with Gasteiger partial charge in [0.1, 0.15) is 0 Å². The molecule has 0 fully saturated rings. The molecule has 0 amide bonds. The summed E-state index contributed by atoms with van der Waals surface area (Å²) in [6.45, 7) is 6.02. The molecule has 0 radical (unpaired) electrons. The van der Waals surface area contributed by atoms with Gasteiger partial charge in [-0.15, -0.1) is 0 Å². The highest BCUT2D eigenvalue weighted by molar-refractivity contribution is 6.01. The number of aliphatic imine (C=N–C) groups is 1. The summed E-state index contributed by atoms with van der Waals surface area (Å²) in [5.74, 6) is 0. The quantitative estimate of drug-likeness (QED) is 0.627. The summed E-state index contributed by atoms with van der Waals surface area (Å²) in [6.07, 6.45) is 2.21. The molecule has 1 aromatic carbocycles. The Kier molecular flexibility index (Phi) is 2.49. The Morgan fingerprint density at radius 1 is 1.36 bits per heavy atom. The van der Waals surface area contributed by atoms with Crippen LogP contribution in [0.25, 0.3) is 0 Å². The van der Waals surface area contributed by atoms with Crippen LogP contribution in [0.5, 0.6) is 0 Å². The van der Waals surface area contributed by atoms with E-state index in [1.54, 1.807) is 0 Å². The van der Waals surface area contributed by atoms with Crippen molar-refractivity contribution in [1.29, 1.82) is 0 Å². The molecular weight excluding hydrogens is 170 g/mol. The second-order valence-corrected chi connectivity index (χ2v) is 3.84. The first kappa shape index (κ1) is 9.20. The van der Waals surface area contributed by atoms with Crippen LogP contribution in [0.2, 0.25) is 0 Å². The van der Waals surface area contributed by atoms with Gasteiger partial charge in [0.25, 0.3) is 0 Å². The minimum atomic E-state index is 0.352. The summed E-state index contributed by atoms with van der Waals surface area (Å²) in [4.78, 5) is 4.67. The van der Waals surface area contributed by atoms with Crippen molar-refractivity contribution in [3.63, 3.8) is 0 Å². The van der Waals surface area contributed by atoms with Crippen LogP contribution in [0.1, 0.15) is 25.3 Å². The first-order chi connectivity index (χ1) is 6.77. The second-order valence-electron chi connectivity index (χ2n) is 3.84. The Labute approximate surface area is 85.2 Å². The Morgan fingerprint density at radius 3 is 2.64 bits per heavy atom. The molecular formula is C13H15N. The highest BCUT2D eigenvalue weighted by atomic mass is 14.8. The number of nitrogens with zero attached hydrogens (tertiary/aromatic N) is 1. The van der Waals surface area contributed by atoms with Crippen molar-refractivity contribution >= 4 is 5.71 Å². The molecule has 1 aromatic rings. The maximum Gasteiger partial charge on any atom is 0.0711 e. The minimum absolute atomic E-state index is 0.352. The van der Waals surface area contributed by atoms with Gasteiger partial charge in [-0.2, -0.15) is 0 Å². The molecule has 1 aliphatic heterocycles. The zero-order chi connectivity index (χ0) is 9.97. The Morgan fingerprint density at radius 2 is 2.07 bits per heavy atom. The van der Waals surface area contributed by atoms with Gasteiger partial charge in [0, 0.05) is 5.71 Å². The average molecular weight is 185 g/mol. The van der Waals surface area contributed by atoms with E-state index in [-0.39, 0.29) is 0 Å². The van der Waals surface area contributed by atoms with Crippen LogP contribution in [0.15, 0.2) is 47.5 Å². The lowest BCUT2D eigenvalue weighted by atomic mass is 10.1. The molecule has 1 aliphatic rings. The number of hydrogen-bond donors (Lipinski definition) is 0. The van der Waals surface area contributed by atoms with Gasteiger partial charge < -0.3 is 0 Å². The van der Waals surface area contributed by atoms with Crippen LogP contribution in [-0.4, -0.2) is 11.8 Å². The summed E-state index contributed by atoms with van der Waals surface area (Å²) >= 11 is 0. The first-order valence-electron chi connectivity index (χ1n) is 5.05. The molecule has 0 saturated heterocycles. The van der Waals surface area contributed by atoms with Crippen molar-refractivity contribution in [3.05, 3.63) is 48.0 Å². The first-order valence-corrected chi connectivity index (χ1v) is 5.05. The number of rotatable bonds is 2. The van der Waals surface area contributed by atoms with Crippen LogP contribution < -0.4 is 0 Å². The van der Waals surface area contributed by atoms with Gasteiger partial charge in [-0.1, -0.05) is 42.5 Å². The van der Waals surface area contributed by atoms with E-state index < -0.39 is 0 Å². The van der Waals surface area contributed by atoms with Crippen LogP contribution >= 0.6 is 0 Å². The summed E-state index contributed by atoms with van der Waals surface area (Å²) in [5, 5.41) is 0. The van der Waals surface area contributed by atoms with Crippen LogP contribution in [0, 0.1) is 0 Å². The lowest BCUT2D eigenvalue weighted by molar-refractivity contribution is 0.766. The molecule has 2 rings (SSSR count). The summed E-state index contributed by atoms with van der Waals surface area (Å²) in [5.41, 5.74) is 3.67. The smallest absolute Gasteiger partial charge is 0.0711 e. The highest BCUT2D eigenvalue weighted by Crippen LogP contribution is 2.22. The molecule has 0 spiro atoms. The minimum Gasteiger partial charge on any atom is -0.281 e. The monoisotopic (exact) mass is 185 g/mol. The van der Waals surface area contributed by atoms with E-state index in [2.05, 4.69) is 42.8 Å². The molecule has 0 aliphatic carbocycles. The third kappa shape index (κ3) is 1.77. The average Bonchev–Trinajstić information content (AvgIpc) is 2.68. The zero-order valence-electron chi connectivity index (χ0n) is 8.53. The summed E-state index contributed by atoms with van der Waals surface area (Å²) < 4.78 is 0. The Bertz CT molecular complexity index is 362. The molecule has 72 valence electrons. The normalized spacial score (nSPS) is 20.6. The van der Waals surface area contributed by atoms with Gasteiger partial charge >= 0.3 is 0 Å². The fourth-order valence-corrected chi connectivity index (χ4v) is 1.80. The van der Waals surface area contributed by atoms with E-state index in [0.717, 1.165) is 12.8 Å². The Hall–Kier alpha value is -1.37. The predicted molar refractivity (Wildman–Crippen MR) is 60.8 cm³/mol. The second kappa shape index (κ2) is 3.79. The molecule has 0 N–H and O–H groups in total. The maximum atomic E-state index is 4.67. The Balaban J connectivity index is 2.22. The van der Waals surface area contributed by atoms with E-state index >= 15 is 0 Å². The highest BCUT2D eigenvalue weighted by Gasteiger charge is 2.18. The largest absolute Gasteiger partial charge is 0.281 e. The van der Waals surface area contributed by atoms with Gasteiger partial charge in [-0.05, 0) is 25.3 Å². The van der Waals surface area contributed by atoms with E-state index in [1.165, 1.54) is 16.8 Å². The fourth-order valence-electron chi connectivity index (χ4n) is 1.80. The molecule has 1 heteroatoms. The van der Waals surface area contributed by atoms with Crippen LogP contribution in [0.4, 0.5) is 0 Å². The topological polar surface area (TPSA) is 12.4 Å². The standard InChI is InChI=1S/C13H15N/c1-10(2)12-8-9-13(14-12)11-6-4-3-5-7-11/h3-7,12H,1,8-9H2,2H3. The van der Waals surface area contributed by atoms with Gasteiger partial charge in [0.15, 0.2) is 0 Å². The summed E-state index contributed by atoms with van der Waals surface area (Å²) in [6, 6.07) is 10.8. The lowest BCUT2D eigenvalue weighted by Gasteiger charge is -2.02. The molecule has 1 unspecified atom stereocenters. The van der Waals surface area contributed by atoms with Gasteiger partial charge in [-0.25, -0.2) is 0 Å². The lowest BCUT2D eigenvalue weighted by Crippen LogP contribution is -1.98. The van der Waals surface area contributed by atoms with Gasteiger partial charge in [0.2, 0.25) is 0 Å². The zero-order valence-corrected chi connectivity index (χ0v) is 8.53. The van der Waals surface area contributed by atoms with Crippen LogP contribution in [0.3, 0.4) is 0 Å². The third-order valence-corrected chi connectivity index (χ3v) is 2.64. The molecule has 0 bridgehead atoms. The fraction of sp³-hybridized carbons (Fsp3) is 0.308. The molecule has 1 heterocycles. The SMILES string of the molecule is C=C(C)C1CCC(c2ccccc2)=N1. The molecule has 0 saturated carbocycles. The van der Waals surface area contributed by atoms with E-state index in [1.807, 2.05) is 6.07 Å². The van der Waals surface area contributed by atoms with E-state index in [9.17, 15) is 0 Å². The van der Waals surface area contributed by atoms with Crippen molar-refractivity contribution in [2.75, 3.05) is 0 Å². The van der Waals surface area contributed by atoms with E-state index in [0.29, 0.717) is 6.04 Å². The number of benzene rings is 1. The van der Waals surface area contributed by atoms with Crippen molar-refractivity contribution in [1.82, 2.24) is 0 Å². The molecule has 1 atom stereocenters. The predicted octanol–water partition coefficient (Wildman–Crippen LogP) is 3.21. The van der Waals surface area contributed by atoms with Crippen molar-refractivity contribution in [3.8, 4) is 0 Å². The molecule has 14 heavy (non-hydrogen) atoms. The van der Waals surface area contributed by atoms with Crippen LogP contribution in [-0.2, 0) is 0 Å². The number of hydrogen-bond acceptors (Lipinski definition) is 1. The summed E-state index contributed by atoms with van der Waals surface area (Å²) in [7, 11) is 0. The molecule has 1 nitrogen and oxygen atoms in total. The van der Waals surface area contributed by atoms with Crippen molar-refractivity contribution in [2.45, 2.75) is 25.8 Å². The maximum absolute atomic E-state index is 4.67.